The van der Waals surface area contributed by atoms with Crippen LogP contribution in [0.4, 0.5) is 0 Å². The van der Waals surface area contributed by atoms with Gasteiger partial charge in [0.2, 0.25) is 0 Å². The van der Waals surface area contributed by atoms with Crippen LogP contribution in [-0.4, -0.2) is 37.7 Å². The number of carbonyl (C=O) groups is 4. The molecule has 1 fully saturated rings. The third-order valence-corrected chi connectivity index (χ3v) is 4.40. The highest BCUT2D eigenvalue weighted by Crippen LogP contribution is 2.46. The average Bonchev–Trinajstić information content (AvgIpc) is 2.77. The van der Waals surface area contributed by atoms with E-state index in [-0.39, 0.29) is 36.2 Å². The van der Waals surface area contributed by atoms with Gasteiger partial charge < -0.3 is 9.47 Å². The van der Waals surface area contributed by atoms with Crippen molar-refractivity contribution in [2.75, 3.05) is 14.2 Å². The number of ether oxygens (including phenoxy) is 2. The molecule has 0 aromatic rings. The Morgan fingerprint density at radius 1 is 0.810 bits per heavy atom. The van der Waals surface area contributed by atoms with Gasteiger partial charge in [-0.2, -0.15) is 0 Å². The highest BCUT2D eigenvalue weighted by molar-refractivity contribution is 5.85. The molecule has 4 unspecified atom stereocenters. The minimum atomic E-state index is -0.440. The molecule has 1 aliphatic rings. The number of hydrogen-bond donors (Lipinski definition) is 0. The third-order valence-electron chi connectivity index (χ3n) is 4.40. The number of Topliss-reactive ketones (excluding diaryl/α,β-unsaturated/α-hetero) is 2. The largest absolute Gasteiger partial charge is 0.469 e. The van der Waals surface area contributed by atoms with Gasteiger partial charge in [-0.3, -0.25) is 19.2 Å². The van der Waals surface area contributed by atoms with Crippen LogP contribution in [0.15, 0.2) is 0 Å². The Balaban J connectivity index is 3.06. The van der Waals surface area contributed by atoms with Crippen molar-refractivity contribution in [2.45, 2.75) is 33.1 Å². The molecule has 0 heterocycles. The zero-order valence-electron chi connectivity index (χ0n) is 12.9. The number of rotatable bonds is 6. The van der Waals surface area contributed by atoms with Crippen LogP contribution in [0.2, 0.25) is 0 Å². The SMILES string of the molecule is COC(=O)CC1C(C(C)=O)CC(C(C)=O)C1CC(=O)OC. The first-order chi connectivity index (χ1) is 9.81. The summed E-state index contributed by atoms with van der Waals surface area (Å²) in [5.74, 6) is -2.52. The predicted molar refractivity (Wildman–Crippen MR) is 73.2 cm³/mol. The molecular formula is C15H22O6. The van der Waals surface area contributed by atoms with Crippen molar-refractivity contribution in [3.63, 3.8) is 0 Å². The van der Waals surface area contributed by atoms with Crippen LogP contribution >= 0.6 is 0 Å². The van der Waals surface area contributed by atoms with Gasteiger partial charge in [0.25, 0.3) is 0 Å². The van der Waals surface area contributed by atoms with Gasteiger partial charge in [-0.1, -0.05) is 0 Å². The highest BCUT2D eigenvalue weighted by atomic mass is 16.5. The summed E-state index contributed by atoms with van der Waals surface area (Å²) in [5, 5.41) is 0. The predicted octanol–water partition coefficient (Wildman–Crippen LogP) is 1.16. The lowest BCUT2D eigenvalue weighted by Crippen LogP contribution is -2.28. The third kappa shape index (κ3) is 4.12. The summed E-state index contributed by atoms with van der Waals surface area (Å²) in [6.07, 6.45) is 0.451. The Labute approximate surface area is 124 Å². The summed E-state index contributed by atoms with van der Waals surface area (Å²) in [5.41, 5.74) is 0. The first kappa shape index (κ1) is 17.3. The van der Waals surface area contributed by atoms with Gasteiger partial charge in [-0.05, 0) is 32.1 Å². The molecule has 0 aromatic carbocycles. The molecule has 1 saturated carbocycles. The van der Waals surface area contributed by atoms with Gasteiger partial charge in [0, 0.05) is 24.7 Å². The second kappa shape index (κ2) is 7.33. The lowest BCUT2D eigenvalue weighted by Gasteiger charge is -2.23. The molecule has 0 spiro atoms. The van der Waals surface area contributed by atoms with E-state index in [0.717, 1.165) is 0 Å². The van der Waals surface area contributed by atoms with Crippen LogP contribution < -0.4 is 0 Å². The number of ketones is 2. The van der Waals surface area contributed by atoms with Crippen molar-refractivity contribution in [3.8, 4) is 0 Å². The van der Waals surface area contributed by atoms with Gasteiger partial charge in [0.1, 0.15) is 11.6 Å². The Kier molecular flexibility index (Phi) is 6.05. The molecule has 1 rings (SSSR count). The van der Waals surface area contributed by atoms with Gasteiger partial charge in [-0.25, -0.2) is 0 Å². The molecule has 6 heteroatoms. The number of carbonyl (C=O) groups excluding carboxylic acids is 4. The molecule has 0 aliphatic heterocycles. The van der Waals surface area contributed by atoms with E-state index in [4.69, 9.17) is 0 Å². The quantitative estimate of drug-likeness (QED) is 0.684. The Morgan fingerprint density at radius 2 is 1.14 bits per heavy atom. The molecule has 118 valence electrons. The summed E-state index contributed by atoms with van der Waals surface area (Å²) in [6, 6.07) is 0. The van der Waals surface area contributed by atoms with Crippen molar-refractivity contribution >= 4 is 23.5 Å². The first-order valence-electron chi connectivity index (χ1n) is 6.96. The standard InChI is InChI=1S/C15H22O6/c1-8(16)10-5-11(9(2)17)13(7-15(19)21-4)12(10)6-14(18)20-3/h10-13H,5-7H2,1-4H3. The van der Waals surface area contributed by atoms with E-state index in [1.165, 1.54) is 28.1 Å². The Bertz CT molecular complexity index is 401. The van der Waals surface area contributed by atoms with E-state index in [2.05, 4.69) is 9.47 Å². The fourth-order valence-electron chi connectivity index (χ4n) is 3.29. The maximum absolute atomic E-state index is 11.8. The summed E-state index contributed by atoms with van der Waals surface area (Å²) < 4.78 is 9.33. The van der Waals surface area contributed by atoms with Crippen molar-refractivity contribution in [2.24, 2.45) is 23.7 Å². The summed E-state index contributed by atoms with van der Waals surface area (Å²) >= 11 is 0. The van der Waals surface area contributed by atoms with Gasteiger partial charge in [0.05, 0.1) is 14.2 Å². The smallest absolute Gasteiger partial charge is 0.305 e. The van der Waals surface area contributed by atoms with Crippen molar-refractivity contribution in [1.82, 2.24) is 0 Å². The second-order valence-corrected chi connectivity index (χ2v) is 5.56. The maximum Gasteiger partial charge on any atom is 0.305 e. The van der Waals surface area contributed by atoms with Crippen LogP contribution in [0, 0.1) is 23.7 Å². The number of esters is 2. The Morgan fingerprint density at radius 3 is 1.38 bits per heavy atom. The van der Waals surface area contributed by atoms with E-state index in [0.29, 0.717) is 6.42 Å². The summed E-state index contributed by atoms with van der Waals surface area (Å²) in [7, 11) is 2.55. The van der Waals surface area contributed by atoms with Crippen molar-refractivity contribution in [1.29, 1.82) is 0 Å². The molecule has 1 aliphatic carbocycles. The lowest BCUT2D eigenvalue weighted by molar-refractivity contribution is -0.146. The van der Waals surface area contributed by atoms with E-state index in [9.17, 15) is 19.2 Å². The van der Waals surface area contributed by atoms with Crippen LogP contribution in [0.25, 0.3) is 0 Å². The zero-order chi connectivity index (χ0) is 16.2. The molecule has 0 radical (unpaired) electrons. The highest BCUT2D eigenvalue weighted by Gasteiger charge is 2.48. The molecule has 4 atom stereocenters. The minimum Gasteiger partial charge on any atom is -0.469 e. The average molecular weight is 298 g/mol. The Hall–Kier alpha value is -1.72. The minimum absolute atomic E-state index is 0.0339. The molecule has 6 nitrogen and oxygen atoms in total. The van der Waals surface area contributed by atoms with Crippen molar-refractivity contribution in [3.05, 3.63) is 0 Å². The molecule has 0 bridgehead atoms. The van der Waals surface area contributed by atoms with Gasteiger partial charge in [-0.15, -0.1) is 0 Å². The normalized spacial score (nSPS) is 28.0. The molecule has 21 heavy (non-hydrogen) atoms. The van der Waals surface area contributed by atoms with E-state index in [1.54, 1.807) is 0 Å². The van der Waals surface area contributed by atoms with E-state index in [1.807, 2.05) is 0 Å². The zero-order valence-corrected chi connectivity index (χ0v) is 12.9. The lowest BCUT2D eigenvalue weighted by atomic mass is 9.80. The number of methoxy groups -OCH3 is 2. The molecular weight excluding hydrogens is 276 g/mol. The van der Waals surface area contributed by atoms with Crippen LogP contribution in [0.1, 0.15) is 33.1 Å². The van der Waals surface area contributed by atoms with Crippen LogP contribution in [-0.2, 0) is 28.7 Å². The van der Waals surface area contributed by atoms with E-state index < -0.39 is 23.8 Å². The molecule has 0 aromatic heterocycles. The van der Waals surface area contributed by atoms with Gasteiger partial charge in [0.15, 0.2) is 0 Å². The number of hydrogen-bond acceptors (Lipinski definition) is 6. The second-order valence-electron chi connectivity index (χ2n) is 5.56. The summed E-state index contributed by atoms with van der Waals surface area (Å²) in [6.45, 7) is 2.90. The first-order valence-corrected chi connectivity index (χ1v) is 6.96. The fourth-order valence-corrected chi connectivity index (χ4v) is 3.29. The van der Waals surface area contributed by atoms with Gasteiger partial charge >= 0.3 is 11.9 Å². The monoisotopic (exact) mass is 298 g/mol. The molecule has 0 saturated heterocycles. The topological polar surface area (TPSA) is 86.7 Å². The molecule has 0 amide bonds. The van der Waals surface area contributed by atoms with Crippen LogP contribution in [0.3, 0.4) is 0 Å². The summed E-state index contributed by atoms with van der Waals surface area (Å²) in [4.78, 5) is 46.8. The molecule has 0 N–H and O–H groups in total. The van der Waals surface area contributed by atoms with E-state index >= 15 is 0 Å². The maximum atomic E-state index is 11.8. The fraction of sp³-hybridized carbons (Fsp3) is 0.733. The van der Waals surface area contributed by atoms with Crippen LogP contribution in [0.5, 0.6) is 0 Å². The van der Waals surface area contributed by atoms with Crippen molar-refractivity contribution < 1.29 is 28.7 Å².